The van der Waals surface area contributed by atoms with E-state index in [1.807, 2.05) is 6.92 Å². The third-order valence-electron chi connectivity index (χ3n) is 2.77. The zero-order valence-corrected chi connectivity index (χ0v) is 11.5. The van der Waals surface area contributed by atoms with E-state index < -0.39 is 0 Å². The summed E-state index contributed by atoms with van der Waals surface area (Å²) in [5.74, 6) is -0.523. The molecular weight excluding hydrogens is 248 g/mol. The largest absolute Gasteiger partial charge is 0.469 e. The number of nitrogen functional groups attached to an aromatic ring is 1. The molecule has 0 radical (unpaired) electrons. The van der Waals surface area contributed by atoms with Crippen molar-refractivity contribution < 1.29 is 14.3 Å². The summed E-state index contributed by atoms with van der Waals surface area (Å²) in [7, 11) is 3.00. The number of ether oxygens (including phenoxy) is 1. The van der Waals surface area contributed by atoms with E-state index in [0.29, 0.717) is 25.2 Å². The fourth-order valence-electron chi connectivity index (χ4n) is 1.61. The number of anilines is 1. The number of hydrogen-bond acceptors (Lipinski definition) is 5. The minimum atomic E-state index is -0.282. The zero-order valence-electron chi connectivity index (χ0n) is 11.5. The molecule has 1 heterocycles. The average molecular weight is 268 g/mol. The standard InChI is InChI=1S/C12H20N4O3/c1-4-16-8-9(13)11(14-16)12(18)15(2)7-5-6-10(17)19-3/h8H,4-7,13H2,1-3H3. The van der Waals surface area contributed by atoms with Gasteiger partial charge in [-0.1, -0.05) is 0 Å². The highest BCUT2D eigenvalue weighted by Crippen LogP contribution is 2.11. The summed E-state index contributed by atoms with van der Waals surface area (Å²) in [6.45, 7) is 3.02. The van der Waals surface area contributed by atoms with Crippen molar-refractivity contribution in [2.75, 3.05) is 26.4 Å². The first-order valence-electron chi connectivity index (χ1n) is 6.14. The molecule has 7 heteroatoms. The van der Waals surface area contributed by atoms with E-state index in [9.17, 15) is 9.59 Å². The Morgan fingerprint density at radius 3 is 2.74 bits per heavy atom. The Morgan fingerprint density at radius 2 is 2.21 bits per heavy atom. The van der Waals surface area contributed by atoms with Crippen molar-refractivity contribution in [3.8, 4) is 0 Å². The van der Waals surface area contributed by atoms with Crippen molar-refractivity contribution in [2.45, 2.75) is 26.3 Å². The highest BCUT2D eigenvalue weighted by Gasteiger charge is 2.18. The third kappa shape index (κ3) is 3.97. The quantitative estimate of drug-likeness (QED) is 0.759. The SMILES string of the molecule is CCn1cc(N)c(C(=O)N(C)CCCC(=O)OC)n1. The van der Waals surface area contributed by atoms with Gasteiger partial charge in [-0.25, -0.2) is 0 Å². The van der Waals surface area contributed by atoms with Crippen LogP contribution in [-0.4, -0.2) is 47.3 Å². The molecule has 1 rings (SSSR count). The Bertz CT molecular complexity index is 456. The topological polar surface area (TPSA) is 90.5 Å². The Balaban J connectivity index is 2.56. The number of carbonyl (C=O) groups excluding carboxylic acids is 2. The first-order chi connectivity index (χ1) is 8.99. The molecule has 1 amide bonds. The number of amides is 1. The Kier molecular flexibility index (Phi) is 5.35. The molecule has 0 atom stereocenters. The number of nitrogens with zero attached hydrogens (tertiary/aromatic N) is 3. The van der Waals surface area contributed by atoms with E-state index in [4.69, 9.17) is 5.73 Å². The number of esters is 1. The van der Waals surface area contributed by atoms with E-state index in [1.54, 1.807) is 17.9 Å². The second-order valence-electron chi connectivity index (χ2n) is 4.20. The van der Waals surface area contributed by atoms with Crippen molar-refractivity contribution in [1.82, 2.24) is 14.7 Å². The van der Waals surface area contributed by atoms with E-state index in [1.165, 1.54) is 12.0 Å². The summed E-state index contributed by atoms with van der Waals surface area (Å²) in [6, 6.07) is 0. The summed E-state index contributed by atoms with van der Waals surface area (Å²) in [5.41, 5.74) is 6.37. The number of hydrogen-bond donors (Lipinski definition) is 1. The molecule has 7 nitrogen and oxygen atoms in total. The first-order valence-corrected chi connectivity index (χ1v) is 6.14. The summed E-state index contributed by atoms with van der Waals surface area (Å²) < 4.78 is 6.15. The summed E-state index contributed by atoms with van der Waals surface area (Å²) in [4.78, 5) is 24.6. The van der Waals surface area contributed by atoms with Crippen molar-refractivity contribution in [3.05, 3.63) is 11.9 Å². The second-order valence-corrected chi connectivity index (χ2v) is 4.20. The number of aryl methyl sites for hydroxylation is 1. The molecule has 0 saturated heterocycles. The van der Waals surface area contributed by atoms with Gasteiger partial charge in [-0.2, -0.15) is 5.10 Å². The normalized spacial score (nSPS) is 10.3. The van der Waals surface area contributed by atoms with Crippen molar-refractivity contribution in [2.24, 2.45) is 0 Å². The van der Waals surface area contributed by atoms with Crippen LogP contribution in [0.5, 0.6) is 0 Å². The number of methoxy groups -OCH3 is 1. The van der Waals surface area contributed by atoms with Crippen LogP contribution in [0.15, 0.2) is 6.20 Å². The summed E-state index contributed by atoms with van der Waals surface area (Å²) in [5, 5.41) is 4.12. The second kappa shape index (κ2) is 6.77. The van der Waals surface area contributed by atoms with Gasteiger partial charge in [0, 0.05) is 32.8 Å². The van der Waals surface area contributed by atoms with Crippen LogP contribution in [0.2, 0.25) is 0 Å². The van der Waals surface area contributed by atoms with E-state index in [2.05, 4.69) is 9.84 Å². The Hall–Kier alpha value is -2.05. The molecule has 0 saturated carbocycles. The molecule has 0 unspecified atom stereocenters. The van der Waals surface area contributed by atoms with Crippen molar-refractivity contribution in [3.63, 3.8) is 0 Å². The Morgan fingerprint density at radius 1 is 1.53 bits per heavy atom. The van der Waals surface area contributed by atoms with Crippen LogP contribution in [0.1, 0.15) is 30.3 Å². The van der Waals surface area contributed by atoms with Crippen LogP contribution >= 0.6 is 0 Å². The molecular formula is C12H20N4O3. The third-order valence-corrected chi connectivity index (χ3v) is 2.77. The minimum Gasteiger partial charge on any atom is -0.469 e. The maximum absolute atomic E-state index is 12.1. The number of nitrogens with two attached hydrogens (primary N) is 1. The molecule has 0 bridgehead atoms. The molecule has 1 aromatic rings. The first kappa shape index (κ1) is 15.0. The van der Waals surface area contributed by atoms with Crippen LogP contribution in [-0.2, 0) is 16.1 Å². The highest BCUT2D eigenvalue weighted by atomic mass is 16.5. The number of aromatic nitrogens is 2. The van der Waals surface area contributed by atoms with Gasteiger partial charge in [0.1, 0.15) is 0 Å². The summed E-state index contributed by atoms with van der Waals surface area (Å²) in [6.07, 6.45) is 2.46. The Labute approximate surface area is 112 Å². The van der Waals surface area contributed by atoms with Crippen LogP contribution in [0.4, 0.5) is 5.69 Å². The molecule has 0 spiro atoms. The van der Waals surface area contributed by atoms with Crippen LogP contribution in [0, 0.1) is 0 Å². The maximum Gasteiger partial charge on any atom is 0.305 e. The molecule has 0 aliphatic carbocycles. The van der Waals surface area contributed by atoms with Gasteiger partial charge < -0.3 is 15.4 Å². The summed E-state index contributed by atoms with van der Waals surface area (Å²) >= 11 is 0. The molecule has 0 fully saturated rings. The molecule has 0 aliphatic rings. The number of rotatable bonds is 6. The lowest BCUT2D eigenvalue weighted by Gasteiger charge is -2.15. The van der Waals surface area contributed by atoms with Crippen LogP contribution in [0.25, 0.3) is 0 Å². The van der Waals surface area contributed by atoms with Crippen LogP contribution in [0.3, 0.4) is 0 Å². The van der Waals surface area contributed by atoms with Gasteiger partial charge in [0.05, 0.1) is 12.8 Å². The monoisotopic (exact) mass is 268 g/mol. The maximum atomic E-state index is 12.1. The smallest absolute Gasteiger partial charge is 0.305 e. The zero-order chi connectivity index (χ0) is 14.4. The van der Waals surface area contributed by atoms with Crippen LogP contribution < -0.4 is 5.73 Å². The van der Waals surface area contributed by atoms with Gasteiger partial charge in [0.2, 0.25) is 0 Å². The van der Waals surface area contributed by atoms with E-state index in [0.717, 1.165) is 0 Å². The molecule has 0 aromatic carbocycles. The van der Waals surface area contributed by atoms with Gasteiger partial charge in [-0.05, 0) is 13.3 Å². The van der Waals surface area contributed by atoms with Crippen molar-refractivity contribution in [1.29, 1.82) is 0 Å². The van der Waals surface area contributed by atoms with Gasteiger partial charge in [-0.15, -0.1) is 0 Å². The fourth-order valence-corrected chi connectivity index (χ4v) is 1.61. The van der Waals surface area contributed by atoms with Gasteiger partial charge in [0.25, 0.3) is 5.91 Å². The molecule has 1 aromatic heterocycles. The molecule has 0 aliphatic heterocycles. The predicted molar refractivity (Wildman–Crippen MR) is 70.5 cm³/mol. The lowest BCUT2D eigenvalue weighted by Crippen LogP contribution is -2.29. The molecule has 19 heavy (non-hydrogen) atoms. The lowest BCUT2D eigenvalue weighted by atomic mass is 10.2. The van der Waals surface area contributed by atoms with E-state index in [-0.39, 0.29) is 24.0 Å². The highest BCUT2D eigenvalue weighted by molar-refractivity contribution is 5.96. The average Bonchev–Trinajstić information content (AvgIpc) is 2.78. The number of carbonyl (C=O) groups is 2. The van der Waals surface area contributed by atoms with Gasteiger partial charge in [0.15, 0.2) is 5.69 Å². The van der Waals surface area contributed by atoms with Gasteiger partial charge in [-0.3, -0.25) is 14.3 Å². The fraction of sp³-hybridized carbons (Fsp3) is 0.583. The lowest BCUT2D eigenvalue weighted by molar-refractivity contribution is -0.140. The van der Waals surface area contributed by atoms with Gasteiger partial charge >= 0.3 is 5.97 Å². The van der Waals surface area contributed by atoms with E-state index >= 15 is 0 Å². The minimum absolute atomic E-state index is 0.241. The molecule has 2 N–H and O–H groups in total. The molecule has 106 valence electrons. The van der Waals surface area contributed by atoms with Crippen molar-refractivity contribution >= 4 is 17.6 Å². The predicted octanol–water partition coefficient (Wildman–Crippen LogP) is 0.510.